The lowest BCUT2D eigenvalue weighted by Crippen LogP contribution is -2.51. The summed E-state index contributed by atoms with van der Waals surface area (Å²) in [6, 6.07) is 19.9. The number of benzene rings is 3. The van der Waals surface area contributed by atoms with Gasteiger partial charge in [-0.2, -0.15) is 0 Å². The van der Waals surface area contributed by atoms with Crippen molar-refractivity contribution in [2.24, 2.45) is 0 Å². The Hall–Kier alpha value is -4.33. The number of rotatable bonds is 8. The molecule has 35 heavy (non-hydrogen) atoms. The van der Waals surface area contributed by atoms with Crippen molar-refractivity contribution < 1.29 is 29.3 Å². The monoisotopic (exact) mass is 474 g/mol. The number of alkyl carbamates (subject to hydrolysis) is 1. The highest BCUT2D eigenvalue weighted by atomic mass is 16.5. The molecule has 4 N–H and O–H groups in total. The lowest BCUT2D eigenvalue weighted by Gasteiger charge is -2.21. The predicted octanol–water partition coefficient (Wildman–Crippen LogP) is 3.43. The quantitative estimate of drug-likeness (QED) is 0.396. The van der Waals surface area contributed by atoms with Gasteiger partial charge in [-0.25, -0.2) is 4.79 Å². The van der Waals surface area contributed by atoms with Crippen LogP contribution in [0, 0.1) is 0 Å². The van der Waals surface area contributed by atoms with Crippen molar-refractivity contribution in [3.05, 3.63) is 89.5 Å². The molecule has 0 saturated carbocycles. The van der Waals surface area contributed by atoms with E-state index in [4.69, 9.17) is 9.84 Å². The zero-order chi connectivity index (χ0) is 24.9. The maximum absolute atomic E-state index is 12.8. The second-order valence-electron chi connectivity index (χ2n) is 8.46. The topological polar surface area (TPSA) is 125 Å². The number of carboxylic acids is 1. The van der Waals surface area contributed by atoms with Crippen molar-refractivity contribution in [3.63, 3.8) is 0 Å². The Morgan fingerprint density at radius 1 is 0.886 bits per heavy atom. The Labute approximate surface area is 202 Å². The van der Waals surface area contributed by atoms with Crippen LogP contribution in [-0.2, 0) is 20.7 Å². The summed E-state index contributed by atoms with van der Waals surface area (Å²) in [6.07, 6.45) is -0.698. The Morgan fingerprint density at radius 2 is 1.46 bits per heavy atom. The number of aromatic hydroxyl groups is 1. The summed E-state index contributed by atoms with van der Waals surface area (Å²) < 4.78 is 5.54. The lowest BCUT2D eigenvalue weighted by molar-refractivity contribution is -0.141. The van der Waals surface area contributed by atoms with Crippen LogP contribution in [0.3, 0.4) is 0 Å². The van der Waals surface area contributed by atoms with Gasteiger partial charge in [-0.1, -0.05) is 60.7 Å². The minimum atomic E-state index is -1.19. The van der Waals surface area contributed by atoms with Gasteiger partial charge in [0.1, 0.15) is 24.4 Å². The molecule has 0 aromatic heterocycles. The molecule has 3 aromatic carbocycles. The Kier molecular flexibility index (Phi) is 7.01. The van der Waals surface area contributed by atoms with Crippen LogP contribution in [0.4, 0.5) is 4.79 Å². The van der Waals surface area contributed by atoms with E-state index in [0.717, 1.165) is 22.3 Å². The second kappa shape index (κ2) is 10.3. The van der Waals surface area contributed by atoms with Crippen LogP contribution < -0.4 is 10.6 Å². The molecular weight excluding hydrogens is 448 g/mol. The number of hydrogen-bond acceptors (Lipinski definition) is 5. The molecule has 8 heteroatoms. The average molecular weight is 475 g/mol. The van der Waals surface area contributed by atoms with E-state index in [0.29, 0.717) is 5.56 Å². The Bertz CT molecular complexity index is 1190. The first-order valence-electron chi connectivity index (χ1n) is 11.3. The largest absolute Gasteiger partial charge is 0.508 e. The standard InChI is InChI=1S/C27H26N2O6/c1-16(26(32)33)28-25(31)24(14-17-10-12-18(30)13-11-17)29-27(34)35-15-23-21-8-4-2-6-19(21)20-7-3-5-9-22(20)23/h2-13,16,23-24,30H,14-15H2,1H3,(H,28,31)(H,29,34)(H,32,33). The minimum absolute atomic E-state index is 0.0683. The van der Waals surface area contributed by atoms with Crippen molar-refractivity contribution >= 4 is 18.0 Å². The minimum Gasteiger partial charge on any atom is -0.508 e. The number of carboxylic acid groups (broad SMARTS) is 1. The highest BCUT2D eigenvalue weighted by molar-refractivity contribution is 5.89. The van der Waals surface area contributed by atoms with Gasteiger partial charge in [0.25, 0.3) is 0 Å². The average Bonchev–Trinajstić information content (AvgIpc) is 3.17. The molecule has 0 heterocycles. The number of fused-ring (bicyclic) bond motifs is 3. The summed E-state index contributed by atoms with van der Waals surface area (Å²) in [7, 11) is 0. The summed E-state index contributed by atoms with van der Waals surface area (Å²) in [6.45, 7) is 1.42. The van der Waals surface area contributed by atoms with Gasteiger partial charge in [0.2, 0.25) is 5.91 Å². The zero-order valence-electron chi connectivity index (χ0n) is 19.1. The van der Waals surface area contributed by atoms with Gasteiger partial charge >= 0.3 is 12.1 Å². The maximum Gasteiger partial charge on any atom is 0.407 e. The van der Waals surface area contributed by atoms with Crippen molar-refractivity contribution in [1.82, 2.24) is 10.6 Å². The van der Waals surface area contributed by atoms with Crippen LogP contribution >= 0.6 is 0 Å². The van der Waals surface area contributed by atoms with Gasteiger partial charge in [-0.15, -0.1) is 0 Å². The van der Waals surface area contributed by atoms with Crippen molar-refractivity contribution in [2.75, 3.05) is 6.61 Å². The van der Waals surface area contributed by atoms with Gasteiger partial charge in [0, 0.05) is 12.3 Å². The smallest absolute Gasteiger partial charge is 0.407 e. The fourth-order valence-corrected chi connectivity index (χ4v) is 4.24. The molecule has 0 bridgehead atoms. The third-order valence-electron chi connectivity index (χ3n) is 6.06. The van der Waals surface area contributed by atoms with E-state index in [-0.39, 0.29) is 24.7 Å². The first kappa shape index (κ1) is 23.8. The van der Waals surface area contributed by atoms with E-state index in [1.165, 1.54) is 19.1 Å². The molecule has 0 fully saturated rings. The van der Waals surface area contributed by atoms with E-state index in [9.17, 15) is 19.5 Å². The predicted molar refractivity (Wildman–Crippen MR) is 129 cm³/mol. The van der Waals surface area contributed by atoms with Gasteiger partial charge in [0.05, 0.1) is 0 Å². The van der Waals surface area contributed by atoms with Gasteiger partial charge in [-0.3, -0.25) is 9.59 Å². The molecular formula is C27H26N2O6. The summed E-state index contributed by atoms with van der Waals surface area (Å²) in [5.74, 6) is -1.91. The van der Waals surface area contributed by atoms with Crippen molar-refractivity contribution in [3.8, 4) is 16.9 Å². The molecule has 2 amide bonds. The van der Waals surface area contributed by atoms with E-state index < -0.39 is 30.1 Å². The van der Waals surface area contributed by atoms with Gasteiger partial charge in [-0.05, 0) is 46.9 Å². The van der Waals surface area contributed by atoms with E-state index >= 15 is 0 Å². The molecule has 0 spiro atoms. The van der Waals surface area contributed by atoms with Crippen LogP contribution in [-0.4, -0.2) is 46.9 Å². The summed E-state index contributed by atoms with van der Waals surface area (Å²) in [5.41, 5.74) is 5.00. The summed E-state index contributed by atoms with van der Waals surface area (Å²) >= 11 is 0. The molecule has 4 rings (SSSR count). The molecule has 0 saturated heterocycles. The van der Waals surface area contributed by atoms with Crippen molar-refractivity contribution in [2.45, 2.75) is 31.3 Å². The number of phenols is 1. The number of ether oxygens (including phenoxy) is 1. The Morgan fingerprint density at radius 3 is 2.03 bits per heavy atom. The van der Waals surface area contributed by atoms with Gasteiger partial charge in [0.15, 0.2) is 0 Å². The zero-order valence-corrected chi connectivity index (χ0v) is 19.1. The van der Waals surface area contributed by atoms with Crippen LogP contribution in [0.1, 0.15) is 29.5 Å². The number of carbonyl (C=O) groups is 3. The second-order valence-corrected chi connectivity index (χ2v) is 8.46. The molecule has 8 nitrogen and oxygen atoms in total. The molecule has 0 aliphatic heterocycles. The van der Waals surface area contributed by atoms with Crippen LogP contribution in [0.2, 0.25) is 0 Å². The third kappa shape index (κ3) is 5.43. The number of aliphatic carboxylic acids is 1. The first-order chi connectivity index (χ1) is 16.8. The fraction of sp³-hybridized carbons (Fsp3) is 0.222. The van der Waals surface area contributed by atoms with E-state index in [1.807, 2.05) is 48.5 Å². The molecule has 3 aromatic rings. The van der Waals surface area contributed by atoms with Gasteiger partial charge < -0.3 is 25.6 Å². The molecule has 2 atom stereocenters. The van der Waals surface area contributed by atoms with E-state index in [1.54, 1.807) is 12.1 Å². The lowest BCUT2D eigenvalue weighted by atomic mass is 9.98. The molecule has 180 valence electrons. The molecule has 2 unspecified atom stereocenters. The molecule has 1 aliphatic carbocycles. The van der Waals surface area contributed by atoms with Crippen molar-refractivity contribution in [1.29, 1.82) is 0 Å². The van der Waals surface area contributed by atoms with Crippen LogP contribution in [0.15, 0.2) is 72.8 Å². The highest BCUT2D eigenvalue weighted by Crippen LogP contribution is 2.44. The normalized spacial score (nSPS) is 13.7. The Balaban J connectivity index is 1.46. The number of nitrogens with one attached hydrogen (secondary N) is 2. The number of phenolic OH excluding ortho intramolecular Hbond substituents is 1. The number of amides is 2. The molecule has 1 aliphatic rings. The van der Waals surface area contributed by atoms with E-state index in [2.05, 4.69) is 10.6 Å². The number of carbonyl (C=O) groups excluding carboxylic acids is 2. The third-order valence-corrected chi connectivity index (χ3v) is 6.06. The molecule has 0 radical (unpaired) electrons. The summed E-state index contributed by atoms with van der Waals surface area (Å²) in [4.78, 5) is 36.7. The van der Waals surface area contributed by atoms with Crippen LogP contribution in [0.25, 0.3) is 11.1 Å². The maximum atomic E-state index is 12.8. The van der Waals surface area contributed by atoms with Crippen LogP contribution in [0.5, 0.6) is 5.75 Å². The SMILES string of the molecule is CC(NC(=O)C(Cc1ccc(O)cc1)NC(=O)OCC1c2ccccc2-c2ccccc21)C(=O)O. The highest BCUT2D eigenvalue weighted by Gasteiger charge is 2.30. The first-order valence-corrected chi connectivity index (χ1v) is 11.3. The fourth-order valence-electron chi connectivity index (χ4n) is 4.24. The number of hydrogen-bond donors (Lipinski definition) is 4. The summed E-state index contributed by atoms with van der Waals surface area (Å²) in [5, 5.41) is 23.6.